The highest BCUT2D eigenvalue weighted by Gasteiger charge is 2.41. The predicted molar refractivity (Wildman–Crippen MR) is 89.3 cm³/mol. The van der Waals surface area contributed by atoms with Gasteiger partial charge in [-0.05, 0) is 25.0 Å². The second-order valence-electron chi connectivity index (χ2n) is 5.74. The van der Waals surface area contributed by atoms with Crippen molar-refractivity contribution in [1.82, 2.24) is 10.2 Å². The van der Waals surface area contributed by atoms with Crippen LogP contribution in [0.25, 0.3) is 0 Å². The lowest BCUT2D eigenvalue weighted by molar-refractivity contribution is -0.127. The first kappa shape index (κ1) is 15.9. The number of hydrogen-bond donors (Lipinski definition) is 2. The maximum Gasteiger partial charge on any atom is 0.319 e. The van der Waals surface area contributed by atoms with E-state index in [0.29, 0.717) is 5.69 Å². The van der Waals surface area contributed by atoms with Gasteiger partial charge in [0.25, 0.3) is 5.24 Å². The molecule has 122 valence electrons. The minimum absolute atomic E-state index is 0.151. The predicted octanol–water partition coefficient (Wildman–Crippen LogP) is 2.81. The largest absolute Gasteiger partial charge is 0.333 e. The average molecular weight is 333 g/mol. The summed E-state index contributed by atoms with van der Waals surface area (Å²) in [7, 11) is 0. The summed E-state index contributed by atoms with van der Waals surface area (Å²) < 4.78 is 0. The van der Waals surface area contributed by atoms with Crippen molar-refractivity contribution in [1.29, 1.82) is 0 Å². The van der Waals surface area contributed by atoms with Crippen molar-refractivity contribution in [3.8, 4) is 0 Å². The van der Waals surface area contributed by atoms with E-state index in [-0.39, 0.29) is 35.0 Å². The number of carbonyl (C=O) groups is 3. The van der Waals surface area contributed by atoms with Crippen LogP contribution < -0.4 is 10.6 Å². The molecule has 2 N–H and O–H groups in total. The Labute approximate surface area is 139 Å². The molecular weight excluding hydrogens is 314 g/mol. The van der Waals surface area contributed by atoms with Crippen LogP contribution in [-0.4, -0.2) is 39.9 Å². The standard InChI is InChI=1S/C16H19N3O3S/c20-14-10-23-16(22)19(14)13-9-5-4-8-12(13)18-15(21)17-11-6-2-1-3-7-11/h1-3,6-7,12-13H,4-5,8-10H2,(H2,17,18,21). The Morgan fingerprint density at radius 3 is 2.57 bits per heavy atom. The zero-order valence-electron chi connectivity index (χ0n) is 12.7. The van der Waals surface area contributed by atoms with Crippen LogP contribution in [0.1, 0.15) is 25.7 Å². The highest BCUT2D eigenvalue weighted by molar-refractivity contribution is 8.14. The maximum absolute atomic E-state index is 12.2. The van der Waals surface area contributed by atoms with Crippen molar-refractivity contribution in [2.45, 2.75) is 37.8 Å². The van der Waals surface area contributed by atoms with Crippen LogP contribution in [0, 0.1) is 0 Å². The summed E-state index contributed by atoms with van der Waals surface area (Å²) in [5, 5.41) is 5.51. The number of para-hydroxylation sites is 1. The Balaban J connectivity index is 1.66. The summed E-state index contributed by atoms with van der Waals surface area (Å²) in [6.07, 6.45) is 3.46. The topological polar surface area (TPSA) is 78.5 Å². The van der Waals surface area contributed by atoms with Gasteiger partial charge in [0.2, 0.25) is 5.91 Å². The summed E-state index contributed by atoms with van der Waals surface area (Å²) >= 11 is 1.04. The molecule has 2 unspecified atom stereocenters. The monoisotopic (exact) mass is 333 g/mol. The first-order valence-electron chi connectivity index (χ1n) is 7.76. The molecule has 2 aliphatic rings. The number of thioether (sulfide) groups is 1. The van der Waals surface area contributed by atoms with E-state index in [2.05, 4.69) is 10.6 Å². The van der Waals surface area contributed by atoms with Gasteiger partial charge in [-0.1, -0.05) is 42.8 Å². The summed E-state index contributed by atoms with van der Waals surface area (Å²) in [5.41, 5.74) is 0.709. The molecule has 1 aliphatic heterocycles. The summed E-state index contributed by atoms with van der Waals surface area (Å²) in [5.74, 6) is 0.0558. The second kappa shape index (κ2) is 7.04. The van der Waals surface area contributed by atoms with Gasteiger partial charge >= 0.3 is 6.03 Å². The third-order valence-electron chi connectivity index (χ3n) is 4.19. The fraction of sp³-hybridized carbons (Fsp3) is 0.438. The van der Waals surface area contributed by atoms with Crippen molar-refractivity contribution in [2.24, 2.45) is 0 Å². The SMILES string of the molecule is O=C(Nc1ccccc1)NC1CCCCC1N1C(=O)CSC1=O. The van der Waals surface area contributed by atoms with Crippen LogP contribution in [0.2, 0.25) is 0 Å². The molecule has 1 aliphatic carbocycles. The van der Waals surface area contributed by atoms with Crippen molar-refractivity contribution in [3.63, 3.8) is 0 Å². The molecule has 2 fully saturated rings. The van der Waals surface area contributed by atoms with Gasteiger partial charge in [0.15, 0.2) is 0 Å². The van der Waals surface area contributed by atoms with E-state index in [9.17, 15) is 14.4 Å². The Morgan fingerprint density at radius 1 is 1.13 bits per heavy atom. The fourth-order valence-electron chi connectivity index (χ4n) is 3.13. The summed E-state index contributed by atoms with van der Waals surface area (Å²) in [6, 6.07) is 8.45. The Kier molecular flexibility index (Phi) is 4.85. The number of benzene rings is 1. The van der Waals surface area contributed by atoms with Crippen LogP contribution in [0.3, 0.4) is 0 Å². The summed E-state index contributed by atoms with van der Waals surface area (Å²) in [6.45, 7) is 0. The molecule has 7 heteroatoms. The molecule has 1 saturated carbocycles. The van der Waals surface area contributed by atoms with E-state index in [4.69, 9.17) is 0 Å². The third kappa shape index (κ3) is 3.67. The van der Waals surface area contributed by atoms with Crippen molar-refractivity contribution >= 4 is 34.6 Å². The van der Waals surface area contributed by atoms with Gasteiger partial charge in [0.1, 0.15) is 0 Å². The lowest BCUT2D eigenvalue weighted by Crippen LogP contribution is -2.55. The molecule has 0 spiro atoms. The van der Waals surface area contributed by atoms with Crippen molar-refractivity contribution < 1.29 is 14.4 Å². The molecule has 2 atom stereocenters. The number of rotatable bonds is 3. The molecule has 1 aromatic carbocycles. The fourth-order valence-corrected chi connectivity index (χ4v) is 3.89. The molecule has 0 radical (unpaired) electrons. The molecular formula is C16H19N3O3S. The third-order valence-corrected chi connectivity index (χ3v) is 5.03. The molecule has 1 aromatic rings. The van der Waals surface area contributed by atoms with Crippen LogP contribution in [0.5, 0.6) is 0 Å². The van der Waals surface area contributed by atoms with Crippen molar-refractivity contribution in [2.75, 3.05) is 11.1 Å². The highest BCUT2D eigenvalue weighted by atomic mass is 32.2. The number of nitrogens with one attached hydrogen (secondary N) is 2. The minimum atomic E-state index is -0.306. The van der Waals surface area contributed by atoms with Gasteiger partial charge in [-0.25, -0.2) is 4.79 Å². The molecule has 0 bridgehead atoms. The van der Waals surface area contributed by atoms with E-state index in [1.807, 2.05) is 30.3 Å². The zero-order chi connectivity index (χ0) is 16.2. The Hall–Kier alpha value is -2.02. The number of anilines is 1. The number of hydrogen-bond acceptors (Lipinski definition) is 4. The first-order valence-corrected chi connectivity index (χ1v) is 8.75. The quantitative estimate of drug-likeness (QED) is 0.891. The van der Waals surface area contributed by atoms with Gasteiger partial charge in [-0.2, -0.15) is 0 Å². The van der Waals surface area contributed by atoms with Crippen LogP contribution in [-0.2, 0) is 4.79 Å². The summed E-state index contributed by atoms with van der Waals surface area (Å²) in [4.78, 5) is 37.4. The molecule has 6 nitrogen and oxygen atoms in total. The number of amides is 4. The molecule has 0 aromatic heterocycles. The smallest absolute Gasteiger partial charge is 0.319 e. The lowest BCUT2D eigenvalue weighted by Gasteiger charge is -2.36. The lowest BCUT2D eigenvalue weighted by atomic mass is 9.89. The number of carbonyl (C=O) groups excluding carboxylic acids is 3. The Morgan fingerprint density at radius 2 is 1.87 bits per heavy atom. The van der Waals surface area contributed by atoms with Gasteiger partial charge in [0, 0.05) is 5.69 Å². The van der Waals surface area contributed by atoms with Gasteiger partial charge in [-0.3, -0.25) is 14.5 Å². The zero-order valence-corrected chi connectivity index (χ0v) is 13.5. The Bertz CT molecular complexity index is 592. The normalized spacial score (nSPS) is 24.6. The molecule has 3 rings (SSSR count). The van der Waals surface area contributed by atoms with Gasteiger partial charge in [0.05, 0.1) is 17.8 Å². The van der Waals surface area contributed by atoms with Crippen LogP contribution in [0.4, 0.5) is 15.3 Å². The average Bonchev–Trinajstić information content (AvgIpc) is 2.88. The molecule has 4 amide bonds. The maximum atomic E-state index is 12.2. The number of urea groups is 1. The van der Waals surface area contributed by atoms with Gasteiger partial charge in [-0.15, -0.1) is 0 Å². The van der Waals surface area contributed by atoms with E-state index < -0.39 is 0 Å². The minimum Gasteiger partial charge on any atom is -0.333 e. The van der Waals surface area contributed by atoms with E-state index in [0.717, 1.165) is 37.4 Å². The molecule has 23 heavy (non-hydrogen) atoms. The van der Waals surface area contributed by atoms with Crippen molar-refractivity contribution in [3.05, 3.63) is 30.3 Å². The highest BCUT2D eigenvalue weighted by Crippen LogP contribution is 2.30. The van der Waals surface area contributed by atoms with E-state index in [1.165, 1.54) is 4.90 Å². The van der Waals surface area contributed by atoms with Gasteiger partial charge < -0.3 is 10.6 Å². The molecule has 1 saturated heterocycles. The van der Waals surface area contributed by atoms with Crippen LogP contribution in [0.15, 0.2) is 30.3 Å². The molecule has 1 heterocycles. The second-order valence-corrected chi connectivity index (χ2v) is 6.67. The van der Waals surface area contributed by atoms with Crippen LogP contribution >= 0.6 is 11.8 Å². The van der Waals surface area contributed by atoms with E-state index >= 15 is 0 Å². The first-order chi connectivity index (χ1) is 11.1. The number of imide groups is 1. The number of nitrogens with zero attached hydrogens (tertiary/aromatic N) is 1. The van der Waals surface area contributed by atoms with E-state index in [1.54, 1.807) is 0 Å².